The summed E-state index contributed by atoms with van der Waals surface area (Å²) >= 11 is 1.64. The molecule has 0 aromatic rings. The lowest BCUT2D eigenvalue weighted by Gasteiger charge is -2.15. The molecule has 1 fully saturated rings. The van der Waals surface area contributed by atoms with Gasteiger partial charge in [-0.15, -0.1) is 0 Å². The lowest BCUT2D eigenvalue weighted by Crippen LogP contribution is -2.43. The van der Waals surface area contributed by atoms with Crippen molar-refractivity contribution < 1.29 is 19.4 Å². The molecule has 0 aromatic carbocycles. The first-order chi connectivity index (χ1) is 8.54. The molecule has 18 heavy (non-hydrogen) atoms. The highest BCUT2D eigenvalue weighted by Crippen LogP contribution is 2.19. The fourth-order valence-electron chi connectivity index (χ4n) is 1.76. The van der Waals surface area contributed by atoms with Crippen molar-refractivity contribution in [2.75, 3.05) is 18.6 Å². The third kappa shape index (κ3) is 4.83. The second-order valence-electron chi connectivity index (χ2n) is 4.30. The molecule has 0 radical (unpaired) electrons. The maximum Gasteiger partial charge on any atom is 0.332 e. The predicted octanol–water partition coefficient (Wildman–Crippen LogP) is -0.185. The highest BCUT2D eigenvalue weighted by Gasteiger charge is 2.30. The average Bonchev–Trinajstić information content (AvgIpc) is 2.81. The summed E-state index contributed by atoms with van der Waals surface area (Å²) in [6, 6.07) is -0.505. The van der Waals surface area contributed by atoms with Gasteiger partial charge in [-0.25, -0.2) is 4.79 Å². The highest BCUT2D eigenvalue weighted by atomic mass is 32.2. The van der Waals surface area contributed by atoms with Gasteiger partial charge in [-0.1, -0.05) is 0 Å². The maximum atomic E-state index is 11.6. The van der Waals surface area contributed by atoms with Gasteiger partial charge in [0.15, 0.2) is 6.10 Å². The van der Waals surface area contributed by atoms with E-state index in [0.717, 1.165) is 5.75 Å². The van der Waals surface area contributed by atoms with Crippen LogP contribution in [-0.2, 0) is 14.3 Å². The van der Waals surface area contributed by atoms with E-state index in [2.05, 4.69) is 5.32 Å². The Hall–Kier alpha value is -0.790. The molecule has 0 saturated carbocycles. The molecule has 1 aliphatic rings. The van der Waals surface area contributed by atoms with Crippen molar-refractivity contribution in [2.24, 2.45) is 5.73 Å². The Labute approximate surface area is 111 Å². The Morgan fingerprint density at radius 2 is 2.28 bits per heavy atom. The first-order valence-electron chi connectivity index (χ1n) is 5.95. The summed E-state index contributed by atoms with van der Waals surface area (Å²) in [7, 11) is 0. The van der Waals surface area contributed by atoms with E-state index in [9.17, 15) is 9.59 Å². The van der Waals surface area contributed by atoms with Gasteiger partial charge in [0.1, 0.15) is 0 Å². The Bertz CT molecular complexity index is 301. The van der Waals surface area contributed by atoms with E-state index in [4.69, 9.17) is 15.6 Å². The summed E-state index contributed by atoms with van der Waals surface area (Å²) in [4.78, 5) is 22.3. The monoisotopic (exact) mass is 276 g/mol. The van der Waals surface area contributed by atoms with E-state index in [-0.39, 0.29) is 12.0 Å². The van der Waals surface area contributed by atoms with E-state index in [1.165, 1.54) is 0 Å². The zero-order chi connectivity index (χ0) is 13.5. The second-order valence-corrected chi connectivity index (χ2v) is 5.28. The fraction of sp³-hybridized carbons (Fsp3) is 0.818. The van der Waals surface area contributed by atoms with Gasteiger partial charge in [0.05, 0.1) is 12.1 Å². The molecule has 4 N–H and O–H groups in total. The molecular weight excluding hydrogens is 256 g/mol. The number of thioether (sulfide) groups is 1. The first-order valence-corrected chi connectivity index (χ1v) is 7.34. The maximum absolute atomic E-state index is 11.6. The number of hydrogen-bond acceptors (Lipinski definition) is 5. The van der Waals surface area contributed by atoms with Crippen LogP contribution in [0.25, 0.3) is 0 Å². The van der Waals surface area contributed by atoms with E-state index in [1.807, 2.05) is 6.26 Å². The number of rotatable bonds is 7. The molecular formula is C11H20N2O4S. The number of carboxylic acids is 1. The van der Waals surface area contributed by atoms with Crippen LogP contribution in [0, 0.1) is 0 Å². The predicted molar refractivity (Wildman–Crippen MR) is 69.5 cm³/mol. The summed E-state index contributed by atoms with van der Waals surface area (Å²) < 4.78 is 5.27. The third-order valence-corrected chi connectivity index (χ3v) is 3.50. The van der Waals surface area contributed by atoms with Gasteiger partial charge in [0.2, 0.25) is 5.91 Å². The summed E-state index contributed by atoms with van der Waals surface area (Å²) in [6.07, 6.45) is 2.78. The third-order valence-electron chi connectivity index (χ3n) is 2.86. The normalized spacial score (nSPS) is 24.8. The molecule has 1 rings (SSSR count). The largest absolute Gasteiger partial charge is 0.479 e. The Balaban J connectivity index is 2.21. The van der Waals surface area contributed by atoms with Gasteiger partial charge in [0.25, 0.3) is 0 Å². The summed E-state index contributed by atoms with van der Waals surface area (Å²) in [5, 5.41) is 11.5. The van der Waals surface area contributed by atoms with Gasteiger partial charge in [-0.05, 0) is 31.3 Å². The zero-order valence-electron chi connectivity index (χ0n) is 10.4. The van der Waals surface area contributed by atoms with Crippen LogP contribution in [0.3, 0.4) is 0 Å². The molecule has 7 heteroatoms. The van der Waals surface area contributed by atoms with Crippen LogP contribution >= 0.6 is 11.8 Å². The van der Waals surface area contributed by atoms with Crippen molar-refractivity contribution in [3.8, 4) is 0 Å². The lowest BCUT2D eigenvalue weighted by molar-refractivity contribution is -0.149. The minimum Gasteiger partial charge on any atom is -0.479 e. The number of nitrogens with two attached hydrogens (primary N) is 1. The minimum absolute atomic E-state index is 0.202. The molecule has 1 aliphatic heterocycles. The van der Waals surface area contributed by atoms with Gasteiger partial charge < -0.3 is 20.9 Å². The van der Waals surface area contributed by atoms with Crippen LogP contribution in [0.4, 0.5) is 0 Å². The number of hydrogen-bond donors (Lipinski definition) is 3. The number of carbonyl (C=O) groups is 2. The van der Waals surface area contributed by atoms with E-state index in [1.54, 1.807) is 11.8 Å². The fourth-order valence-corrected chi connectivity index (χ4v) is 2.25. The van der Waals surface area contributed by atoms with Crippen molar-refractivity contribution in [3.05, 3.63) is 0 Å². The van der Waals surface area contributed by atoms with Crippen molar-refractivity contribution in [1.82, 2.24) is 5.32 Å². The molecule has 0 bridgehead atoms. The van der Waals surface area contributed by atoms with Gasteiger partial charge >= 0.3 is 5.97 Å². The smallest absolute Gasteiger partial charge is 0.332 e. The van der Waals surface area contributed by atoms with Crippen LogP contribution in [-0.4, -0.2) is 53.8 Å². The molecule has 3 atom stereocenters. The highest BCUT2D eigenvalue weighted by molar-refractivity contribution is 7.98. The zero-order valence-corrected chi connectivity index (χ0v) is 11.2. The number of aliphatic carboxylic acids is 1. The van der Waals surface area contributed by atoms with Gasteiger partial charge in [-0.3, -0.25) is 4.79 Å². The standard InChI is InChI=1S/C11H20N2O4S/c1-18-5-4-8(12)10(14)13-6-7-2-3-9(17-7)11(15)16/h7-9H,2-6,12H2,1H3,(H,13,14)(H,15,16)/t7?,8-,9?/m0/s1. The number of nitrogens with one attached hydrogen (secondary N) is 1. The molecule has 0 aliphatic carbocycles. The van der Waals surface area contributed by atoms with Crippen LogP contribution < -0.4 is 11.1 Å². The van der Waals surface area contributed by atoms with Gasteiger partial charge in [-0.2, -0.15) is 11.8 Å². The number of carbonyl (C=O) groups excluding carboxylic acids is 1. The lowest BCUT2D eigenvalue weighted by atomic mass is 10.2. The van der Waals surface area contributed by atoms with Crippen LogP contribution in [0.5, 0.6) is 0 Å². The topological polar surface area (TPSA) is 102 Å². The van der Waals surface area contributed by atoms with Crippen LogP contribution in [0.1, 0.15) is 19.3 Å². The SMILES string of the molecule is CSCC[C@H](N)C(=O)NCC1CCC(C(=O)O)O1. The minimum atomic E-state index is -0.944. The van der Waals surface area contributed by atoms with Crippen LogP contribution in [0.2, 0.25) is 0 Å². The second kappa shape index (κ2) is 7.60. The Kier molecular flexibility index (Phi) is 6.45. The Morgan fingerprint density at radius 3 is 2.83 bits per heavy atom. The van der Waals surface area contributed by atoms with Crippen molar-refractivity contribution in [2.45, 2.75) is 37.5 Å². The Morgan fingerprint density at radius 1 is 1.56 bits per heavy atom. The quantitative estimate of drug-likeness (QED) is 0.596. The van der Waals surface area contributed by atoms with E-state index < -0.39 is 18.1 Å². The first kappa shape index (κ1) is 15.3. The number of ether oxygens (including phenoxy) is 1. The molecule has 0 aromatic heterocycles. The van der Waals surface area contributed by atoms with E-state index in [0.29, 0.717) is 25.8 Å². The molecule has 6 nitrogen and oxygen atoms in total. The van der Waals surface area contributed by atoms with Crippen molar-refractivity contribution >= 4 is 23.6 Å². The molecule has 1 amide bonds. The number of amides is 1. The molecule has 104 valence electrons. The number of carboxylic acid groups (broad SMARTS) is 1. The molecule has 2 unspecified atom stereocenters. The van der Waals surface area contributed by atoms with Crippen LogP contribution in [0.15, 0.2) is 0 Å². The van der Waals surface area contributed by atoms with Crippen molar-refractivity contribution in [1.29, 1.82) is 0 Å². The van der Waals surface area contributed by atoms with E-state index >= 15 is 0 Å². The summed E-state index contributed by atoms with van der Waals surface area (Å²) in [5.74, 6) is -0.304. The molecule has 0 spiro atoms. The van der Waals surface area contributed by atoms with Gasteiger partial charge in [0, 0.05) is 6.54 Å². The summed E-state index contributed by atoms with van der Waals surface area (Å²) in [6.45, 7) is 0.329. The molecule has 1 heterocycles. The summed E-state index contributed by atoms with van der Waals surface area (Å²) in [5.41, 5.74) is 5.70. The average molecular weight is 276 g/mol. The molecule has 1 saturated heterocycles. The van der Waals surface area contributed by atoms with Crippen molar-refractivity contribution in [3.63, 3.8) is 0 Å².